The van der Waals surface area contributed by atoms with Gasteiger partial charge in [-0.1, -0.05) is 6.07 Å². The van der Waals surface area contributed by atoms with Gasteiger partial charge in [0.2, 0.25) is 10.0 Å². The zero-order valence-corrected chi connectivity index (χ0v) is 19.1. The Balaban J connectivity index is 1.74. The Bertz CT molecular complexity index is 1220. The Labute approximate surface area is 187 Å². The highest BCUT2D eigenvalue weighted by atomic mass is 32.2. The number of sulfonamides is 1. The lowest BCUT2D eigenvalue weighted by atomic mass is 10.1. The predicted octanol–water partition coefficient (Wildman–Crippen LogP) is 4.12. The maximum atomic E-state index is 12.7. The van der Waals surface area contributed by atoms with E-state index in [1.807, 2.05) is 6.92 Å². The highest BCUT2D eigenvalue weighted by Gasteiger charge is 2.23. The van der Waals surface area contributed by atoms with E-state index < -0.39 is 21.8 Å². The fourth-order valence-corrected chi connectivity index (χ4v) is 4.21. The van der Waals surface area contributed by atoms with Crippen LogP contribution >= 0.6 is 0 Å². The summed E-state index contributed by atoms with van der Waals surface area (Å²) in [5, 5.41) is 5.47. The number of hydrogen-bond donors (Lipinski definition) is 2. The van der Waals surface area contributed by atoms with Crippen LogP contribution in [0.15, 0.2) is 70.2 Å². The summed E-state index contributed by atoms with van der Waals surface area (Å²) in [5.41, 5.74) is 2.05. The van der Waals surface area contributed by atoms with Crippen molar-refractivity contribution in [3.8, 4) is 0 Å². The standard InChI is InChI=1S/C23H25N3O5S/c1-15(2)26(4)32(29,30)19-11-9-18(10-12-19)24-22(27)17-8-7-16(3)20(14-17)25-23(28)21-6-5-13-31-21/h5-15H,1-4H3,(H,24,27)(H,25,28). The molecule has 2 aromatic carbocycles. The number of carbonyl (C=O) groups excluding carboxylic acids is 2. The van der Waals surface area contributed by atoms with Crippen LogP contribution in [0.5, 0.6) is 0 Å². The molecule has 0 saturated carbocycles. The SMILES string of the molecule is Cc1ccc(C(=O)Nc2ccc(S(=O)(=O)N(C)C(C)C)cc2)cc1NC(=O)c1ccco1. The van der Waals surface area contributed by atoms with Gasteiger partial charge in [0.1, 0.15) is 0 Å². The smallest absolute Gasteiger partial charge is 0.291 e. The van der Waals surface area contributed by atoms with Crippen molar-refractivity contribution in [3.05, 3.63) is 77.7 Å². The number of benzene rings is 2. The Morgan fingerprint density at radius 3 is 2.25 bits per heavy atom. The zero-order chi connectivity index (χ0) is 23.5. The first-order valence-corrected chi connectivity index (χ1v) is 11.4. The molecule has 2 N–H and O–H groups in total. The Morgan fingerprint density at radius 1 is 0.969 bits per heavy atom. The molecule has 3 rings (SSSR count). The summed E-state index contributed by atoms with van der Waals surface area (Å²) in [7, 11) is -2.08. The minimum Gasteiger partial charge on any atom is -0.459 e. The third-order valence-corrected chi connectivity index (χ3v) is 7.06. The lowest BCUT2D eigenvalue weighted by molar-refractivity contribution is 0.0993. The first-order valence-electron chi connectivity index (χ1n) is 9.94. The number of carbonyl (C=O) groups is 2. The van der Waals surface area contributed by atoms with Gasteiger partial charge in [-0.3, -0.25) is 9.59 Å². The first kappa shape index (κ1) is 23.2. The highest BCUT2D eigenvalue weighted by Crippen LogP contribution is 2.21. The van der Waals surface area contributed by atoms with Gasteiger partial charge < -0.3 is 15.1 Å². The number of aryl methyl sites for hydroxylation is 1. The maximum absolute atomic E-state index is 12.7. The van der Waals surface area contributed by atoms with E-state index in [9.17, 15) is 18.0 Å². The van der Waals surface area contributed by atoms with Crippen LogP contribution in [0.3, 0.4) is 0 Å². The van der Waals surface area contributed by atoms with E-state index >= 15 is 0 Å². The van der Waals surface area contributed by atoms with Crippen LogP contribution in [-0.2, 0) is 10.0 Å². The van der Waals surface area contributed by atoms with Crippen molar-refractivity contribution in [2.75, 3.05) is 17.7 Å². The van der Waals surface area contributed by atoms with Gasteiger partial charge in [-0.2, -0.15) is 4.31 Å². The van der Waals surface area contributed by atoms with E-state index in [2.05, 4.69) is 10.6 Å². The van der Waals surface area contributed by atoms with Crippen LogP contribution in [0, 0.1) is 6.92 Å². The van der Waals surface area contributed by atoms with Crippen LogP contribution < -0.4 is 10.6 Å². The largest absolute Gasteiger partial charge is 0.459 e. The molecule has 0 unspecified atom stereocenters. The summed E-state index contributed by atoms with van der Waals surface area (Å²) < 4.78 is 31.5. The number of anilines is 2. The summed E-state index contributed by atoms with van der Waals surface area (Å²) in [4.78, 5) is 25.1. The van der Waals surface area contributed by atoms with Gasteiger partial charge in [0, 0.05) is 30.0 Å². The second-order valence-corrected chi connectivity index (χ2v) is 9.55. The molecule has 0 saturated heterocycles. The first-order chi connectivity index (χ1) is 15.1. The molecule has 0 spiro atoms. The van der Waals surface area contributed by atoms with E-state index in [0.717, 1.165) is 5.56 Å². The fraction of sp³-hybridized carbons (Fsp3) is 0.217. The fourth-order valence-electron chi connectivity index (χ4n) is 2.85. The molecule has 2 amide bonds. The summed E-state index contributed by atoms with van der Waals surface area (Å²) in [6.07, 6.45) is 1.41. The van der Waals surface area contributed by atoms with Crippen LogP contribution in [0.1, 0.15) is 40.3 Å². The zero-order valence-electron chi connectivity index (χ0n) is 18.2. The van der Waals surface area contributed by atoms with E-state index in [4.69, 9.17) is 4.42 Å². The minimum atomic E-state index is -3.60. The van der Waals surface area contributed by atoms with Crippen LogP contribution in [0.25, 0.3) is 0 Å². The number of nitrogens with zero attached hydrogens (tertiary/aromatic N) is 1. The molecule has 3 aromatic rings. The molecule has 0 aliphatic rings. The third-order valence-electron chi connectivity index (χ3n) is 5.01. The van der Waals surface area contributed by atoms with Gasteiger partial charge in [0.15, 0.2) is 5.76 Å². The predicted molar refractivity (Wildman–Crippen MR) is 122 cm³/mol. The quantitative estimate of drug-likeness (QED) is 0.557. The second-order valence-electron chi connectivity index (χ2n) is 7.55. The monoisotopic (exact) mass is 455 g/mol. The Morgan fingerprint density at radius 2 is 1.66 bits per heavy atom. The molecule has 0 fully saturated rings. The van der Waals surface area contributed by atoms with E-state index in [1.54, 1.807) is 44.2 Å². The van der Waals surface area contributed by atoms with Gasteiger partial charge in [-0.15, -0.1) is 0 Å². The molecular formula is C23H25N3O5S. The van der Waals surface area contributed by atoms with Crippen LogP contribution in [-0.4, -0.2) is 37.6 Å². The highest BCUT2D eigenvalue weighted by molar-refractivity contribution is 7.89. The normalized spacial score (nSPS) is 11.6. The Kier molecular flexibility index (Phi) is 6.81. The second kappa shape index (κ2) is 9.37. The molecule has 0 bridgehead atoms. The van der Waals surface area contributed by atoms with Crippen molar-refractivity contribution in [2.24, 2.45) is 0 Å². The van der Waals surface area contributed by atoms with Crippen molar-refractivity contribution in [3.63, 3.8) is 0 Å². The van der Waals surface area contributed by atoms with E-state index in [0.29, 0.717) is 16.9 Å². The molecule has 0 aliphatic carbocycles. The number of furan rings is 1. The summed E-state index contributed by atoms with van der Waals surface area (Å²) in [6, 6.07) is 13.9. The molecule has 1 aromatic heterocycles. The maximum Gasteiger partial charge on any atom is 0.291 e. The summed E-state index contributed by atoms with van der Waals surface area (Å²) in [6.45, 7) is 5.39. The average molecular weight is 456 g/mol. The minimum absolute atomic E-state index is 0.143. The van der Waals surface area contributed by atoms with E-state index in [-0.39, 0.29) is 16.7 Å². The average Bonchev–Trinajstić information content (AvgIpc) is 3.30. The molecule has 0 aliphatic heterocycles. The number of hydrogen-bond acceptors (Lipinski definition) is 5. The third kappa shape index (κ3) is 5.06. The van der Waals surface area contributed by atoms with Crippen molar-refractivity contribution >= 4 is 33.2 Å². The van der Waals surface area contributed by atoms with Crippen molar-refractivity contribution in [2.45, 2.75) is 31.7 Å². The number of rotatable bonds is 7. The van der Waals surface area contributed by atoms with Gasteiger partial charge in [-0.25, -0.2) is 8.42 Å². The molecule has 0 radical (unpaired) electrons. The number of nitrogens with one attached hydrogen (secondary N) is 2. The molecule has 1 heterocycles. The molecule has 32 heavy (non-hydrogen) atoms. The van der Waals surface area contributed by atoms with Crippen LogP contribution in [0.4, 0.5) is 11.4 Å². The Hall–Kier alpha value is -3.43. The molecular weight excluding hydrogens is 430 g/mol. The molecule has 8 nitrogen and oxygen atoms in total. The van der Waals surface area contributed by atoms with E-state index in [1.165, 1.54) is 41.9 Å². The topological polar surface area (TPSA) is 109 Å². The summed E-state index contributed by atoms with van der Waals surface area (Å²) in [5.74, 6) is -0.648. The molecule has 0 atom stereocenters. The molecule has 168 valence electrons. The van der Waals surface area contributed by atoms with Gasteiger partial charge in [-0.05, 0) is 74.9 Å². The van der Waals surface area contributed by atoms with Crippen molar-refractivity contribution in [1.29, 1.82) is 0 Å². The molecule has 9 heteroatoms. The van der Waals surface area contributed by atoms with Crippen LogP contribution in [0.2, 0.25) is 0 Å². The summed E-state index contributed by atoms with van der Waals surface area (Å²) >= 11 is 0. The van der Waals surface area contributed by atoms with Gasteiger partial charge in [0.25, 0.3) is 11.8 Å². The lowest BCUT2D eigenvalue weighted by Crippen LogP contribution is -2.33. The lowest BCUT2D eigenvalue weighted by Gasteiger charge is -2.21. The van der Waals surface area contributed by atoms with Gasteiger partial charge in [0.05, 0.1) is 11.2 Å². The van der Waals surface area contributed by atoms with Gasteiger partial charge >= 0.3 is 0 Å². The van der Waals surface area contributed by atoms with Crippen molar-refractivity contribution in [1.82, 2.24) is 4.31 Å². The number of amides is 2. The van der Waals surface area contributed by atoms with Crippen molar-refractivity contribution < 1.29 is 22.4 Å².